The van der Waals surface area contributed by atoms with E-state index in [0.29, 0.717) is 10.5 Å². The summed E-state index contributed by atoms with van der Waals surface area (Å²) in [6.45, 7) is 0. The van der Waals surface area contributed by atoms with Crippen molar-refractivity contribution in [3.8, 4) is 5.75 Å². The van der Waals surface area contributed by atoms with Gasteiger partial charge >= 0.3 is 26.5 Å². The number of halogens is 6. The fourth-order valence-electron chi connectivity index (χ4n) is 3.61. The zero-order valence-electron chi connectivity index (χ0n) is 18.1. The quantitative estimate of drug-likeness (QED) is 0.134. The van der Waals surface area contributed by atoms with Crippen molar-refractivity contribution in [2.75, 3.05) is 0 Å². The van der Waals surface area contributed by atoms with Gasteiger partial charge < -0.3 is 8.74 Å². The minimum atomic E-state index is -7.39. The molecule has 0 radical (unpaired) electrons. The lowest BCUT2D eigenvalue weighted by molar-refractivity contribution is -0.247. The van der Waals surface area contributed by atoms with Gasteiger partial charge in [0.2, 0.25) is 0 Å². The molecule has 0 bridgehead atoms. The maximum Gasteiger partial charge on any atom is 0.450 e. The lowest BCUT2D eigenvalue weighted by Crippen LogP contribution is -2.61. The molecule has 0 saturated carbocycles. The average Bonchev–Trinajstić information content (AvgIpc) is 2.82. The summed E-state index contributed by atoms with van der Waals surface area (Å²) in [6, 6.07) is 19.3. The van der Waals surface area contributed by atoms with Gasteiger partial charge in [-0.3, -0.25) is 0 Å². The van der Waals surface area contributed by atoms with Crippen LogP contribution >= 0.6 is 0 Å². The fourth-order valence-corrected chi connectivity index (χ4v) is 7.48. The zero-order valence-corrected chi connectivity index (χ0v) is 20.5. The number of rotatable bonds is 7. The topological polar surface area (TPSA) is 101 Å². The van der Waals surface area contributed by atoms with E-state index < -0.39 is 53.3 Å². The molecule has 15 heteroatoms. The molecule has 0 fully saturated rings. The summed E-state index contributed by atoms with van der Waals surface area (Å²) in [5.41, 5.74) is 0.649. The first-order valence-electron chi connectivity index (χ1n) is 10.0. The van der Waals surface area contributed by atoms with Gasteiger partial charge in [0.1, 0.15) is 10.9 Å². The van der Waals surface area contributed by atoms with Crippen molar-refractivity contribution < 1.29 is 51.9 Å². The van der Waals surface area contributed by atoms with Gasteiger partial charge in [-0.1, -0.05) is 42.5 Å². The van der Waals surface area contributed by atoms with Crippen molar-refractivity contribution in [1.29, 1.82) is 0 Å². The summed E-state index contributed by atoms with van der Waals surface area (Å²) in [5, 5.41) is -13.8. The van der Waals surface area contributed by atoms with E-state index in [0.717, 1.165) is 15.9 Å². The summed E-state index contributed by atoms with van der Waals surface area (Å²) < 4.78 is 144. The molecule has 1 heterocycles. The SMILES string of the molecule is O=S(=O)([O-])C(F)(F)C(F)(F)C(F)(F)S(=O)(=O)Oc1cccc2c1Cc1ccccc1[S+]2c1ccccc1. The van der Waals surface area contributed by atoms with Crippen molar-refractivity contribution >= 4 is 31.1 Å². The summed E-state index contributed by atoms with van der Waals surface area (Å²) in [4.78, 5) is 1.96. The zero-order chi connectivity index (χ0) is 27.4. The van der Waals surface area contributed by atoms with Crippen LogP contribution in [-0.4, -0.2) is 37.8 Å². The van der Waals surface area contributed by atoms with Gasteiger partial charge in [-0.15, -0.1) is 0 Å². The molecular weight excluding hydrogens is 570 g/mol. The Morgan fingerprint density at radius 2 is 1.30 bits per heavy atom. The molecule has 37 heavy (non-hydrogen) atoms. The third kappa shape index (κ3) is 4.27. The minimum absolute atomic E-state index is 0.0132. The van der Waals surface area contributed by atoms with Crippen molar-refractivity contribution in [3.05, 3.63) is 83.9 Å². The summed E-state index contributed by atoms with van der Waals surface area (Å²) in [5.74, 6) is -8.00. The average molecular weight is 585 g/mol. The lowest BCUT2D eigenvalue weighted by atomic mass is 10.0. The van der Waals surface area contributed by atoms with Crippen LogP contribution in [0, 0.1) is 0 Å². The van der Waals surface area contributed by atoms with E-state index in [2.05, 4.69) is 4.18 Å². The second kappa shape index (κ2) is 8.92. The Labute approximate surface area is 210 Å². The molecule has 0 amide bonds. The molecule has 3 aromatic rings. The first-order chi connectivity index (χ1) is 17.0. The molecule has 1 unspecified atom stereocenters. The first kappa shape index (κ1) is 27.3. The van der Waals surface area contributed by atoms with Crippen LogP contribution in [0.5, 0.6) is 5.75 Å². The molecule has 1 aliphatic rings. The predicted octanol–water partition coefficient (Wildman–Crippen LogP) is 4.76. The molecule has 4 rings (SSSR count). The Morgan fingerprint density at radius 3 is 1.92 bits per heavy atom. The van der Waals surface area contributed by atoms with Gasteiger partial charge in [-0.25, -0.2) is 8.42 Å². The smallest absolute Gasteiger partial charge is 0.450 e. The van der Waals surface area contributed by atoms with E-state index in [4.69, 9.17) is 0 Å². The van der Waals surface area contributed by atoms with E-state index in [-0.39, 0.29) is 12.0 Å². The Bertz CT molecular complexity index is 1560. The standard InChI is InChI=1S/C22H14F6O6S3/c23-20(24,21(25,26)36(29,30)31)22(27,28)37(32,33)34-17-10-6-12-19-16(17)13-14-7-4-5-11-18(14)35(19)15-8-2-1-3-9-15/h1-12H,13H2. The highest BCUT2D eigenvalue weighted by molar-refractivity contribution is 7.97. The molecule has 3 aromatic carbocycles. The van der Waals surface area contributed by atoms with Crippen LogP contribution < -0.4 is 4.18 Å². The Morgan fingerprint density at radius 1 is 0.730 bits per heavy atom. The van der Waals surface area contributed by atoms with Crippen LogP contribution in [-0.2, 0) is 37.6 Å². The Kier molecular flexibility index (Phi) is 6.58. The van der Waals surface area contributed by atoms with E-state index in [1.165, 1.54) is 6.07 Å². The Hall–Kier alpha value is -2.75. The second-order valence-corrected chi connectivity index (χ2v) is 12.7. The van der Waals surface area contributed by atoms with Gasteiger partial charge in [-0.05, 0) is 30.3 Å². The molecule has 0 saturated heterocycles. The van der Waals surface area contributed by atoms with Crippen molar-refractivity contribution in [2.24, 2.45) is 0 Å². The van der Waals surface area contributed by atoms with Crippen LogP contribution in [0.15, 0.2) is 87.5 Å². The van der Waals surface area contributed by atoms with E-state index in [1.54, 1.807) is 60.7 Å². The maximum atomic E-state index is 14.4. The van der Waals surface area contributed by atoms with Crippen LogP contribution in [0.1, 0.15) is 11.1 Å². The number of fused-ring (bicyclic) bond motifs is 2. The van der Waals surface area contributed by atoms with E-state index >= 15 is 0 Å². The van der Waals surface area contributed by atoms with Gasteiger partial charge in [0.05, 0.1) is 5.56 Å². The second-order valence-electron chi connectivity index (χ2n) is 7.74. The highest BCUT2D eigenvalue weighted by atomic mass is 32.2. The predicted molar refractivity (Wildman–Crippen MR) is 118 cm³/mol. The normalized spacial score (nSPS) is 16.6. The molecule has 0 spiro atoms. The van der Waals surface area contributed by atoms with Crippen LogP contribution in [0.25, 0.3) is 0 Å². The Balaban J connectivity index is 1.82. The molecule has 0 aliphatic carbocycles. The summed E-state index contributed by atoms with van der Waals surface area (Å²) in [7, 11) is -15.3. The number of hydrogen-bond donors (Lipinski definition) is 0. The maximum absolute atomic E-state index is 14.4. The molecule has 198 valence electrons. The minimum Gasteiger partial charge on any atom is -0.743 e. The summed E-state index contributed by atoms with van der Waals surface area (Å²) >= 11 is 0. The van der Waals surface area contributed by atoms with Crippen LogP contribution in [0.4, 0.5) is 26.3 Å². The van der Waals surface area contributed by atoms with Gasteiger partial charge in [0.25, 0.3) is 0 Å². The summed E-state index contributed by atoms with van der Waals surface area (Å²) in [6.07, 6.45) is -0.0827. The van der Waals surface area contributed by atoms with Crippen molar-refractivity contribution in [1.82, 2.24) is 0 Å². The number of alkyl halides is 6. The van der Waals surface area contributed by atoms with Gasteiger partial charge in [-0.2, -0.15) is 34.8 Å². The third-order valence-corrected chi connectivity index (χ3v) is 9.98. The van der Waals surface area contributed by atoms with Gasteiger partial charge in [0.15, 0.2) is 30.6 Å². The lowest BCUT2D eigenvalue weighted by Gasteiger charge is -2.32. The first-order valence-corrected chi connectivity index (χ1v) is 14.1. The van der Waals surface area contributed by atoms with Crippen LogP contribution in [0.2, 0.25) is 0 Å². The molecule has 1 atom stereocenters. The van der Waals surface area contributed by atoms with Crippen molar-refractivity contribution in [2.45, 2.75) is 37.5 Å². The fraction of sp³-hybridized carbons (Fsp3) is 0.182. The molecule has 6 nitrogen and oxygen atoms in total. The molecule has 1 aliphatic heterocycles. The van der Waals surface area contributed by atoms with E-state index in [9.17, 15) is 47.7 Å². The molecule has 0 aromatic heterocycles. The van der Waals surface area contributed by atoms with Crippen molar-refractivity contribution in [3.63, 3.8) is 0 Å². The third-order valence-electron chi connectivity index (χ3n) is 5.41. The largest absolute Gasteiger partial charge is 0.743 e. The van der Waals surface area contributed by atoms with Crippen LogP contribution in [0.3, 0.4) is 0 Å². The highest BCUT2D eigenvalue weighted by Crippen LogP contribution is 2.51. The molecular formula is C22H14F6O6S3. The number of benzene rings is 3. The molecule has 0 N–H and O–H groups in total. The number of hydrogen-bond acceptors (Lipinski definition) is 6. The monoisotopic (exact) mass is 584 g/mol. The highest BCUT2D eigenvalue weighted by Gasteiger charge is 2.81. The van der Waals surface area contributed by atoms with E-state index in [1.807, 2.05) is 0 Å². The van der Waals surface area contributed by atoms with Gasteiger partial charge in [0, 0.05) is 12.0 Å².